The number of esters is 2. The smallest absolute Gasteiger partial charge is 0.306 e. The summed E-state index contributed by atoms with van der Waals surface area (Å²) < 4.78 is 9.91. The van der Waals surface area contributed by atoms with Gasteiger partial charge in [0.2, 0.25) is 0 Å². The summed E-state index contributed by atoms with van der Waals surface area (Å²) in [7, 11) is 0. The fourth-order valence-corrected chi connectivity index (χ4v) is 1.64. The Morgan fingerprint density at radius 2 is 1.83 bits per heavy atom. The van der Waals surface area contributed by atoms with Crippen LogP contribution in [0.2, 0.25) is 0 Å². The number of hydrogen-bond donors (Lipinski definition) is 0. The monoisotopic (exact) mass is 250 g/mol. The number of carbonyl (C=O) groups excluding carboxylic acids is 2. The highest BCUT2D eigenvalue weighted by molar-refractivity contribution is 5.71. The van der Waals surface area contributed by atoms with Crippen LogP contribution in [-0.4, -0.2) is 25.2 Å². The lowest BCUT2D eigenvalue weighted by Gasteiger charge is -2.16. The summed E-state index contributed by atoms with van der Waals surface area (Å²) in [4.78, 5) is 22.4. The van der Waals surface area contributed by atoms with E-state index in [0.29, 0.717) is 6.61 Å². The third-order valence-corrected chi connectivity index (χ3v) is 2.48. The van der Waals surface area contributed by atoms with Gasteiger partial charge in [0.25, 0.3) is 0 Å². The predicted octanol–water partition coefficient (Wildman–Crippen LogP) is 2.29. The van der Waals surface area contributed by atoms with Crippen molar-refractivity contribution in [2.24, 2.45) is 0 Å². The van der Waals surface area contributed by atoms with E-state index in [9.17, 15) is 9.59 Å². The third kappa shape index (κ3) is 4.99. The summed E-state index contributed by atoms with van der Waals surface area (Å²) in [5.41, 5.74) is 0.965. The van der Waals surface area contributed by atoms with Gasteiger partial charge in [-0.1, -0.05) is 30.3 Å². The normalized spacial score (nSPS) is 11.7. The van der Waals surface area contributed by atoms with Gasteiger partial charge in [0.15, 0.2) is 0 Å². The van der Waals surface area contributed by atoms with E-state index in [1.54, 1.807) is 6.92 Å². The van der Waals surface area contributed by atoms with Crippen LogP contribution in [0.3, 0.4) is 0 Å². The average molecular weight is 250 g/mol. The van der Waals surface area contributed by atoms with Crippen molar-refractivity contribution in [3.63, 3.8) is 0 Å². The zero-order chi connectivity index (χ0) is 13.4. The molecule has 0 radical (unpaired) electrons. The first kappa shape index (κ1) is 14.2. The van der Waals surface area contributed by atoms with E-state index in [2.05, 4.69) is 0 Å². The SMILES string of the molecule is CCOC(=O)C[C@H](COC(C)=O)c1ccccc1. The van der Waals surface area contributed by atoms with Gasteiger partial charge in [-0.3, -0.25) is 9.59 Å². The van der Waals surface area contributed by atoms with Gasteiger partial charge in [-0.2, -0.15) is 0 Å². The molecule has 18 heavy (non-hydrogen) atoms. The van der Waals surface area contributed by atoms with E-state index in [0.717, 1.165) is 5.56 Å². The molecule has 0 unspecified atom stereocenters. The summed E-state index contributed by atoms with van der Waals surface area (Å²) in [6.45, 7) is 3.67. The molecule has 0 saturated carbocycles. The molecule has 1 atom stereocenters. The Morgan fingerprint density at radius 3 is 2.39 bits per heavy atom. The summed E-state index contributed by atoms with van der Waals surface area (Å²) in [5, 5.41) is 0. The van der Waals surface area contributed by atoms with Crippen LogP contribution in [0.5, 0.6) is 0 Å². The van der Waals surface area contributed by atoms with Crippen LogP contribution in [0.15, 0.2) is 30.3 Å². The predicted molar refractivity (Wildman–Crippen MR) is 67.1 cm³/mol. The molecule has 0 aliphatic rings. The molecule has 0 spiro atoms. The first-order chi connectivity index (χ1) is 8.63. The van der Waals surface area contributed by atoms with Gasteiger partial charge in [0.05, 0.1) is 19.6 Å². The first-order valence-electron chi connectivity index (χ1n) is 5.97. The van der Waals surface area contributed by atoms with Crippen LogP contribution in [-0.2, 0) is 19.1 Å². The van der Waals surface area contributed by atoms with Crippen LogP contribution < -0.4 is 0 Å². The number of benzene rings is 1. The summed E-state index contributed by atoms with van der Waals surface area (Å²) in [6.07, 6.45) is 0.213. The second-order valence-corrected chi connectivity index (χ2v) is 3.92. The molecule has 0 amide bonds. The number of hydrogen-bond acceptors (Lipinski definition) is 4. The molecule has 0 aliphatic carbocycles. The Morgan fingerprint density at radius 1 is 1.17 bits per heavy atom. The molecular formula is C14H18O4. The molecule has 98 valence electrons. The van der Waals surface area contributed by atoms with Gasteiger partial charge in [-0.05, 0) is 12.5 Å². The Kier molecular flexibility index (Phi) is 5.91. The minimum Gasteiger partial charge on any atom is -0.466 e. The zero-order valence-corrected chi connectivity index (χ0v) is 10.7. The molecule has 4 heteroatoms. The topological polar surface area (TPSA) is 52.6 Å². The Bertz CT molecular complexity index is 386. The molecule has 1 rings (SSSR count). The van der Waals surface area contributed by atoms with Gasteiger partial charge >= 0.3 is 11.9 Å². The third-order valence-electron chi connectivity index (χ3n) is 2.48. The van der Waals surface area contributed by atoms with E-state index in [1.807, 2.05) is 30.3 Å². The van der Waals surface area contributed by atoms with Crippen molar-refractivity contribution in [3.05, 3.63) is 35.9 Å². The van der Waals surface area contributed by atoms with E-state index in [-0.39, 0.29) is 30.9 Å². The fourth-order valence-electron chi connectivity index (χ4n) is 1.64. The first-order valence-corrected chi connectivity index (χ1v) is 5.97. The van der Waals surface area contributed by atoms with Crippen LogP contribution >= 0.6 is 0 Å². The van der Waals surface area contributed by atoms with E-state index in [1.165, 1.54) is 6.92 Å². The molecule has 0 saturated heterocycles. The van der Waals surface area contributed by atoms with E-state index < -0.39 is 0 Å². The van der Waals surface area contributed by atoms with Crippen LogP contribution in [0.25, 0.3) is 0 Å². The summed E-state index contributed by atoms with van der Waals surface area (Å²) in [5.74, 6) is -0.785. The van der Waals surface area contributed by atoms with Crippen LogP contribution in [0, 0.1) is 0 Å². The van der Waals surface area contributed by atoms with Gasteiger partial charge in [-0.15, -0.1) is 0 Å². The second kappa shape index (κ2) is 7.48. The standard InChI is InChI=1S/C14H18O4/c1-3-17-14(16)9-13(10-18-11(2)15)12-7-5-4-6-8-12/h4-8,13H,3,9-10H2,1-2H3/t13-/m1/s1. The summed E-state index contributed by atoms with van der Waals surface area (Å²) in [6, 6.07) is 9.50. The van der Waals surface area contributed by atoms with Crippen molar-refractivity contribution in [3.8, 4) is 0 Å². The minimum absolute atomic E-state index is 0.158. The number of rotatable bonds is 6. The van der Waals surface area contributed by atoms with Crippen LogP contribution in [0.4, 0.5) is 0 Å². The average Bonchev–Trinajstić information content (AvgIpc) is 2.35. The molecule has 0 bridgehead atoms. The van der Waals surface area contributed by atoms with Crippen molar-refractivity contribution in [2.45, 2.75) is 26.2 Å². The molecule has 4 nitrogen and oxygen atoms in total. The van der Waals surface area contributed by atoms with Gasteiger partial charge in [0.1, 0.15) is 0 Å². The van der Waals surface area contributed by atoms with Crippen molar-refractivity contribution in [1.29, 1.82) is 0 Å². The van der Waals surface area contributed by atoms with Crippen molar-refractivity contribution < 1.29 is 19.1 Å². The van der Waals surface area contributed by atoms with E-state index in [4.69, 9.17) is 9.47 Å². The number of ether oxygens (including phenoxy) is 2. The molecule has 1 aromatic carbocycles. The molecule has 1 aromatic rings. The maximum absolute atomic E-state index is 11.5. The van der Waals surface area contributed by atoms with Gasteiger partial charge < -0.3 is 9.47 Å². The Balaban J connectivity index is 2.69. The van der Waals surface area contributed by atoms with Gasteiger partial charge in [0, 0.05) is 12.8 Å². The van der Waals surface area contributed by atoms with Crippen molar-refractivity contribution in [2.75, 3.05) is 13.2 Å². The molecule has 0 aromatic heterocycles. The lowest BCUT2D eigenvalue weighted by molar-refractivity contribution is -0.147. The number of carbonyl (C=O) groups is 2. The molecule has 0 N–H and O–H groups in total. The fraction of sp³-hybridized carbons (Fsp3) is 0.429. The van der Waals surface area contributed by atoms with Crippen molar-refractivity contribution in [1.82, 2.24) is 0 Å². The molecule has 0 heterocycles. The highest BCUT2D eigenvalue weighted by atomic mass is 16.5. The van der Waals surface area contributed by atoms with Crippen molar-refractivity contribution >= 4 is 11.9 Å². The quantitative estimate of drug-likeness (QED) is 0.727. The minimum atomic E-state index is -0.347. The lowest BCUT2D eigenvalue weighted by atomic mass is 9.97. The van der Waals surface area contributed by atoms with Gasteiger partial charge in [-0.25, -0.2) is 0 Å². The lowest BCUT2D eigenvalue weighted by Crippen LogP contribution is -2.16. The zero-order valence-electron chi connectivity index (χ0n) is 10.7. The van der Waals surface area contributed by atoms with Crippen LogP contribution in [0.1, 0.15) is 31.7 Å². The maximum atomic E-state index is 11.5. The molecule has 0 fully saturated rings. The van der Waals surface area contributed by atoms with E-state index >= 15 is 0 Å². The maximum Gasteiger partial charge on any atom is 0.306 e. The Hall–Kier alpha value is -1.84. The molecular weight excluding hydrogens is 232 g/mol. The largest absolute Gasteiger partial charge is 0.466 e. The summed E-state index contributed by atoms with van der Waals surface area (Å²) >= 11 is 0. The molecule has 0 aliphatic heterocycles. The highest BCUT2D eigenvalue weighted by Gasteiger charge is 2.18. The second-order valence-electron chi connectivity index (χ2n) is 3.92. The highest BCUT2D eigenvalue weighted by Crippen LogP contribution is 2.20. The Labute approximate surface area is 107 Å².